The van der Waals surface area contributed by atoms with E-state index in [1.807, 2.05) is 68.4 Å². The molecule has 7 heteroatoms. The maximum absolute atomic E-state index is 13.6. The van der Waals surface area contributed by atoms with Gasteiger partial charge in [0.1, 0.15) is 12.1 Å². The van der Waals surface area contributed by atoms with Crippen LogP contribution in [0.15, 0.2) is 60.7 Å². The van der Waals surface area contributed by atoms with E-state index >= 15 is 0 Å². The van der Waals surface area contributed by atoms with E-state index in [-0.39, 0.29) is 36.6 Å². The van der Waals surface area contributed by atoms with Crippen molar-refractivity contribution in [3.05, 3.63) is 71.8 Å². The highest BCUT2D eigenvalue weighted by Crippen LogP contribution is 2.46. The number of nitriles is 1. The van der Waals surface area contributed by atoms with Crippen molar-refractivity contribution in [2.75, 3.05) is 11.9 Å². The molecule has 0 aliphatic carbocycles. The molecule has 2 N–H and O–H groups in total. The molecule has 1 fully saturated rings. The molecule has 2 aromatic rings. The van der Waals surface area contributed by atoms with Gasteiger partial charge >= 0.3 is 0 Å². The van der Waals surface area contributed by atoms with E-state index < -0.39 is 17.5 Å². The largest absolute Gasteiger partial charge is 0.341 e. The van der Waals surface area contributed by atoms with Crippen molar-refractivity contribution in [2.45, 2.75) is 44.2 Å². The lowest BCUT2D eigenvalue weighted by molar-refractivity contribution is -0.136. The van der Waals surface area contributed by atoms with Crippen LogP contribution < -0.4 is 10.6 Å². The third kappa shape index (κ3) is 4.44. The van der Waals surface area contributed by atoms with Gasteiger partial charge in [-0.15, -0.1) is 0 Å². The fraction of sp³-hybridized carbons (Fsp3) is 0.333. The highest BCUT2D eigenvalue weighted by Gasteiger charge is 2.56. The number of hydrogen-bond acceptors (Lipinski definition) is 4. The SMILES string of the molecule is CC(C)C[C@H](NC(=O)/C=C/c1ccccc1)C(=O)N1C[C@@]2(C[C@@H]1C#N)C(=O)Nc1ccccc12. The number of fused-ring (bicyclic) bond motifs is 2. The van der Waals surface area contributed by atoms with E-state index in [4.69, 9.17) is 0 Å². The van der Waals surface area contributed by atoms with E-state index in [1.54, 1.807) is 6.08 Å². The number of rotatable bonds is 6. The second-order valence-electron chi connectivity index (χ2n) is 9.33. The van der Waals surface area contributed by atoms with Gasteiger partial charge in [0, 0.05) is 24.7 Å². The van der Waals surface area contributed by atoms with Crippen LogP contribution in [0, 0.1) is 17.2 Å². The van der Waals surface area contributed by atoms with Crippen LogP contribution in [0.2, 0.25) is 0 Å². The van der Waals surface area contributed by atoms with Gasteiger partial charge in [0.2, 0.25) is 17.7 Å². The Bertz CT molecular complexity index is 1170. The molecule has 0 bridgehead atoms. The van der Waals surface area contributed by atoms with Crippen LogP contribution in [0.1, 0.15) is 37.8 Å². The maximum atomic E-state index is 13.6. The van der Waals surface area contributed by atoms with Crippen LogP contribution in [0.4, 0.5) is 5.69 Å². The van der Waals surface area contributed by atoms with E-state index in [0.29, 0.717) is 6.42 Å². The number of nitrogens with one attached hydrogen (secondary N) is 2. The van der Waals surface area contributed by atoms with E-state index in [9.17, 15) is 19.6 Å². The average molecular weight is 457 g/mol. The summed E-state index contributed by atoms with van der Waals surface area (Å²) < 4.78 is 0. The van der Waals surface area contributed by atoms with Gasteiger partial charge in [-0.3, -0.25) is 14.4 Å². The molecule has 2 aliphatic rings. The molecule has 0 saturated carbocycles. The molecular formula is C27H28N4O3. The number of hydrogen-bond donors (Lipinski definition) is 2. The summed E-state index contributed by atoms with van der Waals surface area (Å²) in [6.07, 6.45) is 3.75. The highest BCUT2D eigenvalue weighted by molar-refractivity contribution is 6.07. The first-order valence-electron chi connectivity index (χ1n) is 11.5. The summed E-state index contributed by atoms with van der Waals surface area (Å²) >= 11 is 0. The van der Waals surface area contributed by atoms with Crippen LogP contribution in [-0.4, -0.2) is 41.2 Å². The van der Waals surface area contributed by atoms with Crippen LogP contribution in [0.25, 0.3) is 6.08 Å². The smallest absolute Gasteiger partial charge is 0.246 e. The van der Waals surface area contributed by atoms with Crippen molar-refractivity contribution < 1.29 is 14.4 Å². The molecule has 34 heavy (non-hydrogen) atoms. The summed E-state index contributed by atoms with van der Waals surface area (Å²) in [5, 5.41) is 15.6. The lowest BCUT2D eigenvalue weighted by atomic mass is 9.80. The third-order valence-electron chi connectivity index (χ3n) is 6.46. The quantitative estimate of drug-likeness (QED) is 0.652. The van der Waals surface area contributed by atoms with Crippen molar-refractivity contribution >= 4 is 29.5 Å². The Labute approximate surface area is 199 Å². The predicted molar refractivity (Wildman–Crippen MR) is 129 cm³/mol. The molecule has 3 amide bonds. The first-order chi connectivity index (χ1) is 16.3. The standard InChI is InChI=1S/C27H28N4O3/c1-18(2)14-23(29-24(32)13-12-19-8-4-3-5-9-19)25(33)31-17-27(15-20(31)16-28)21-10-6-7-11-22(21)30-26(27)34/h3-13,18,20,23H,14-15,17H2,1-2H3,(H,29,32)(H,30,34)/b13-12+/t20-,23+,27-/m1/s1. The minimum Gasteiger partial charge on any atom is -0.341 e. The van der Waals surface area contributed by atoms with Gasteiger partial charge in [0.05, 0.1) is 11.5 Å². The maximum Gasteiger partial charge on any atom is 0.246 e. The summed E-state index contributed by atoms with van der Waals surface area (Å²) in [5.74, 6) is -0.774. The molecule has 2 heterocycles. The third-order valence-corrected chi connectivity index (χ3v) is 6.46. The molecule has 2 aliphatic heterocycles. The Kier molecular flexibility index (Phi) is 6.51. The Hall–Kier alpha value is -3.92. The molecule has 4 rings (SSSR count). The fourth-order valence-electron chi connectivity index (χ4n) is 4.83. The summed E-state index contributed by atoms with van der Waals surface area (Å²) in [7, 11) is 0. The Morgan fingerprint density at radius 1 is 1.21 bits per heavy atom. The monoisotopic (exact) mass is 456 g/mol. The number of carbonyl (C=O) groups excluding carboxylic acids is 3. The van der Waals surface area contributed by atoms with Crippen molar-refractivity contribution in [3.63, 3.8) is 0 Å². The normalized spacial score (nSPS) is 22.0. The summed E-state index contributed by atoms with van der Waals surface area (Å²) in [5.41, 5.74) is 1.45. The zero-order valence-electron chi connectivity index (χ0n) is 19.3. The number of likely N-dealkylation sites (tertiary alicyclic amines) is 1. The van der Waals surface area contributed by atoms with Gasteiger partial charge in [-0.2, -0.15) is 5.26 Å². The molecule has 174 valence electrons. The number of benzene rings is 2. The second kappa shape index (κ2) is 9.52. The van der Waals surface area contributed by atoms with Crippen molar-refractivity contribution in [2.24, 2.45) is 5.92 Å². The van der Waals surface area contributed by atoms with E-state index in [2.05, 4.69) is 16.7 Å². The van der Waals surface area contributed by atoms with Gasteiger partial charge < -0.3 is 15.5 Å². The molecule has 0 radical (unpaired) electrons. The highest BCUT2D eigenvalue weighted by atomic mass is 16.2. The average Bonchev–Trinajstić information content (AvgIpc) is 3.35. The Morgan fingerprint density at radius 2 is 1.91 bits per heavy atom. The molecule has 0 unspecified atom stereocenters. The minimum atomic E-state index is -0.952. The van der Waals surface area contributed by atoms with Gasteiger partial charge in [-0.25, -0.2) is 0 Å². The number of amides is 3. The van der Waals surface area contributed by atoms with E-state index in [0.717, 1.165) is 16.8 Å². The molecule has 7 nitrogen and oxygen atoms in total. The second-order valence-corrected chi connectivity index (χ2v) is 9.33. The van der Waals surface area contributed by atoms with Crippen molar-refractivity contribution in [1.29, 1.82) is 5.26 Å². The Balaban J connectivity index is 1.55. The summed E-state index contributed by atoms with van der Waals surface area (Å²) in [4.78, 5) is 40.7. The van der Waals surface area contributed by atoms with Crippen LogP contribution in [0.5, 0.6) is 0 Å². The minimum absolute atomic E-state index is 0.108. The lowest BCUT2D eigenvalue weighted by Gasteiger charge is -2.28. The topological polar surface area (TPSA) is 102 Å². The van der Waals surface area contributed by atoms with Gasteiger partial charge in [-0.05, 0) is 35.6 Å². The lowest BCUT2D eigenvalue weighted by Crippen LogP contribution is -2.51. The first-order valence-corrected chi connectivity index (χ1v) is 11.5. The summed E-state index contributed by atoms with van der Waals surface area (Å²) in [6.45, 7) is 4.05. The summed E-state index contributed by atoms with van der Waals surface area (Å²) in [6, 6.07) is 17.5. The fourth-order valence-corrected chi connectivity index (χ4v) is 4.83. The zero-order valence-corrected chi connectivity index (χ0v) is 19.3. The predicted octanol–water partition coefficient (Wildman–Crippen LogP) is 3.25. The molecule has 3 atom stereocenters. The van der Waals surface area contributed by atoms with Crippen LogP contribution >= 0.6 is 0 Å². The zero-order chi connectivity index (χ0) is 24.3. The number of carbonyl (C=O) groups is 3. The molecular weight excluding hydrogens is 428 g/mol. The van der Waals surface area contributed by atoms with Crippen molar-refractivity contribution in [3.8, 4) is 6.07 Å². The van der Waals surface area contributed by atoms with Gasteiger partial charge in [0.25, 0.3) is 0 Å². The van der Waals surface area contributed by atoms with Gasteiger partial charge in [0.15, 0.2) is 0 Å². The first kappa shape index (κ1) is 23.2. The van der Waals surface area contributed by atoms with Crippen molar-refractivity contribution in [1.82, 2.24) is 10.2 Å². The number of nitrogens with zero attached hydrogens (tertiary/aromatic N) is 2. The molecule has 1 spiro atoms. The number of para-hydroxylation sites is 1. The van der Waals surface area contributed by atoms with E-state index in [1.165, 1.54) is 11.0 Å². The number of anilines is 1. The van der Waals surface area contributed by atoms with Gasteiger partial charge in [-0.1, -0.05) is 62.4 Å². The van der Waals surface area contributed by atoms with Crippen LogP contribution in [0.3, 0.4) is 0 Å². The molecule has 1 saturated heterocycles. The van der Waals surface area contributed by atoms with Crippen LogP contribution in [-0.2, 0) is 19.8 Å². The molecule has 0 aromatic heterocycles. The Morgan fingerprint density at radius 3 is 2.62 bits per heavy atom. The molecule has 2 aromatic carbocycles.